The Labute approximate surface area is 168 Å². The molecule has 3 aromatic rings. The second kappa shape index (κ2) is 8.12. The van der Waals surface area contributed by atoms with E-state index in [1.54, 1.807) is 16.4 Å². The molecule has 0 aliphatic carbocycles. The first-order valence-electron chi connectivity index (χ1n) is 9.29. The molecule has 3 amide bonds. The quantitative estimate of drug-likeness (QED) is 0.473. The molecule has 0 saturated carbocycles. The van der Waals surface area contributed by atoms with E-state index in [1.165, 1.54) is 6.07 Å². The molecule has 1 aliphatic heterocycles. The third-order valence-electron chi connectivity index (χ3n) is 4.92. The van der Waals surface area contributed by atoms with Gasteiger partial charge in [-0.15, -0.1) is 0 Å². The van der Waals surface area contributed by atoms with E-state index in [-0.39, 0.29) is 11.7 Å². The van der Waals surface area contributed by atoms with Gasteiger partial charge in [0.2, 0.25) is 0 Å². The zero-order valence-corrected chi connectivity index (χ0v) is 15.6. The lowest BCUT2D eigenvalue weighted by Crippen LogP contribution is -2.39. The summed E-state index contributed by atoms with van der Waals surface area (Å²) in [6, 6.07) is 20.7. The number of benzene rings is 2. The van der Waals surface area contributed by atoms with Gasteiger partial charge in [-0.25, -0.2) is 15.3 Å². The van der Waals surface area contributed by atoms with Crippen LogP contribution in [0.15, 0.2) is 66.7 Å². The number of carbonyl (C=O) groups excluding carboxylic acids is 2. The minimum atomic E-state index is -0.648. The Morgan fingerprint density at radius 2 is 1.72 bits per heavy atom. The molecule has 7 nitrogen and oxygen atoms in total. The second-order valence-corrected chi connectivity index (χ2v) is 6.76. The summed E-state index contributed by atoms with van der Waals surface area (Å²) in [5.41, 5.74) is 6.13. The van der Waals surface area contributed by atoms with Crippen LogP contribution < -0.4 is 10.8 Å². The SMILES string of the molecule is O=C(NO)c1ccc2c(n1)CCN(C(=O)Nc1ccccc1-c1ccccc1)C2. The highest BCUT2D eigenvalue weighted by Gasteiger charge is 2.23. The summed E-state index contributed by atoms with van der Waals surface area (Å²) in [7, 11) is 0. The van der Waals surface area contributed by atoms with Gasteiger partial charge >= 0.3 is 6.03 Å². The number of nitrogens with one attached hydrogen (secondary N) is 2. The van der Waals surface area contributed by atoms with Crippen LogP contribution in [0.4, 0.5) is 10.5 Å². The number of rotatable bonds is 3. The first-order valence-corrected chi connectivity index (χ1v) is 9.29. The highest BCUT2D eigenvalue weighted by molar-refractivity contribution is 5.94. The molecule has 4 rings (SSSR count). The predicted octanol–water partition coefficient (Wildman–Crippen LogP) is 3.46. The molecule has 2 heterocycles. The maximum Gasteiger partial charge on any atom is 0.322 e. The lowest BCUT2D eigenvalue weighted by molar-refractivity contribution is 0.0700. The van der Waals surface area contributed by atoms with Gasteiger partial charge < -0.3 is 10.2 Å². The van der Waals surface area contributed by atoms with Crippen LogP contribution in [-0.2, 0) is 13.0 Å². The molecule has 0 spiro atoms. The number of aromatic nitrogens is 1. The molecule has 2 aromatic carbocycles. The van der Waals surface area contributed by atoms with Gasteiger partial charge in [0.05, 0.1) is 5.69 Å². The summed E-state index contributed by atoms with van der Waals surface area (Å²) in [5.74, 6) is -0.648. The summed E-state index contributed by atoms with van der Waals surface area (Å²) < 4.78 is 0. The summed E-state index contributed by atoms with van der Waals surface area (Å²) in [6.45, 7) is 0.895. The van der Waals surface area contributed by atoms with Crippen LogP contribution in [0.2, 0.25) is 0 Å². The Hall–Kier alpha value is -3.71. The first kappa shape index (κ1) is 18.6. The van der Waals surface area contributed by atoms with Crippen molar-refractivity contribution in [2.45, 2.75) is 13.0 Å². The highest BCUT2D eigenvalue weighted by Crippen LogP contribution is 2.28. The van der Waals surface area contributed by atoms with Gasteiger partial charge in [-0.3, -0.25) is 10.0 Å². The Balaban J connectivity index is 1.51. The number of hydrogen-bond donors (Lipinski definition) is 3. The van der Waals surface area contributed by atoms with Gasteiger partial charge in [-0.1, -0.05) is 54.6 Å². The van der Waals surface area contributed by atoms with Crippen molar-refractivity contribution < 1.29 is 14.8 Å². The molecule has 1 aliphatic rings. The predicted molar refractivity (Wildman–Crippen MR) is 109 cm³/mol. The van der Waals surface area contributed by atoms with Crippen LogP contribution in [0, 0.1) is 0 Å². The fraction of sp³-hybridized carbons (Fsp3) is 0.136. The number of nitrogens with zero attached hydrogens (tertiary/aromatic N) is 2. The number of hydrogen-bond acceptors (Lipinski definition) is 4. The van der Waals surface area contributed by atoms with Crippen molar-refractivity contribution in [3.05, 3.63) is 83.7 Å². The van der Waals surface area contributed by atoms with E-state index in [4.69, 9.17) is 5.21 Å². The molecule has 3 N–H and O–H groups in total. The maximum atomic E-state index is 12.9. The summed E-state index contributed by atoms with van der Waals surface area (Å²) in [6.07, 6.45) is 0.537. The third-order valence-corrected chi connectivity index (χ3v) is 4.92. The number of para-hydroxylation sites is 1. The number of carbonyl (C=O) groups is 2. The molecule has 0 bridgehead atoms. The van der Waals surface area contributed by atoms with Crippen molar-refractivity contribution >= 4 is 17.6 Å². The Kier molecular flexibility index (Phi) is 5.22. The minimum absolute atomic E-state index is 0.154. The Bertz CT molecular complexity index is 1050. The summed E-state index contributed by atoms with van der Waals surface area (Å²) in [4.78, 5) is 30.4. The summed E-state index contributed by atoms with van der Waals surface area (Å²) in [5, 5.41) is 11.8. The molecule has 0 radical (unpaired) electrons. The fourth-order valence-electron chi connectivity index (χ4n) is 3.43. The third kappa shape index (κ3) is 3.95. The standard InChI is InChI=1S/C22H20N4O3/c27-21(25-29)20-11-10-16-14-26(13-12-18(16)23-20)22(28)24-19-9-5-4-8-17(19)15-6-2-1-3-7-15/h1-11,29H,12-14H2,(H,24,28)(H,25,27). The van der Waals surface area contributed by atoms with Crippen LogP contribution in [-0.4, -0.2) is 33.6 Å². The van der Waals surface area contributed by atoms with Crippen molar-refractivity contribution in [1.29, 1.82) is 0 Å². The zero-order valence-electron chi connectivity index (χ0n) is 15.6. The largest absolute Gasteiger partial charge is 0.322 e. The van der Waals surface area contributed by atoms with E-state index in [2.05, 4.69) is 10.3 Å². The topological polar surface area (TPSA) is 94.6 Å². The van der Waals surface area contributed by atoms with Crippen molar-refractivity contribution in [3.8, 4) is 11.1 Å². The summed E-state index contributed by atoms with van der Waals surface area (Å²) >= 11 is 0. The number of hydroxylamine groups is 1. The fourth-order valence-corrected chi connectivity index (χ4v) is 3.43. The van der Waals surface area contributed by atoms with E-state index >= 15 is 0 Å². The molecule has 0 saturated heterocycles. The Morgan fingerprint density at radius 3 is 2.52 bits per heavy atom. The molecule has 0 atom stereocenters. The van der Waals surface area contributed by atoms with Gasteiger partial charge in [0.1, 0.15) is 5.69 Å². The van der Waals surface area contributed by atoms with Gasteiger partial charge in [0.25, 0.3) is 5.91 Å². The molecule has 0 unspecified atom stereocenters. The number of pyridine rings is 1. The normalized spacial score (nSPS) is 12.8. The molecular formula is C22H20N4O3. The monoisotopic (exact) mass is 388 g/mol. The van der Waals surface area contributed by atoms with Crippen LogP contribution in [0.1, 0.15) is 21.7 Å². The molecule has 146 valence electrons. The van der Waals surface area contributed by atoms with E-state index in [1.807, 2.05) is 54.6 Å². The van der Waals surface area contributed by atoms with Crippen LogP contribution >= 0.6 is 0 Å². The van der Waals surface area contributed by atoms with Crippen LogP contribution in [0.5, 0.6) is 0 Å². The minimum Gasteiger partial charge on any atom is -0.320 e. The molecular weight excluding hydrogens is 368 g/mol. The number of anilines is 1. The lowest BCUT2D eigenvalue weighted by atomic mass is 10.0. The van der Waals surface area contributed by atoms with E-state index in [0.717, 1.165) is 28.1 Å². The smallest absolute Gasteiger partial charge is 0.320 e. The highest BCUT2D eigenvalue weighted by atomic mass is 16.5. The maximum absolute atomic E-state index is 12.9. The zero-order chi connectivity index (χ0) is 20.2. The van der Waals surface area contributed by atoms with Crippen LogP contribution in [0.3, 0.4) is 0 Å². The average Bonchev–Trinajstić information content (AvgIpc) is 2.78. The van der Waals surface area contributed by atoms with E-state index in [0.29, 0.717) is 19.5 Å². The lowest BCUT2D eigenvalue weighted by Gasteiger charge is -2.29. The van der Waals surface area contributed by atoms with Gasteiger partial charge in [0, 0.05) is 30.8 Å². The van der Waals surface area contributed by atoms with Gasteiger partial charge in [-0.2, -0.15) is 0 Å². The first-order chi connectivity index (χ1) is 14.2. The van der Waals surface area contributed by atoms with Crippen molar-refractivity contribution in [3.63, 3.8) is 0 Å². The average molecular weight is 388 g/mol. The molecule has 0 fully saturated rings. The number of fused-ring (bicyclic) bond motifs is 1. The second-order valence-electron chi connectivity index (χ2n) is 6.76. The number of urea groups is 1. The molecule has 7 heteroatoms. The van der Waals surface area contributed by atoms with E-state index < -0.39 is 5.91 Å². The van der Waals surface area contributed by atoms with Gasteiger partial charge in [-0.05, 0) is 23.3 Å². The molecule has 1 aromatic heterocycles. The van der Waals surface area contributed by atoms with Crippen molar-refractivity contribution in [1.82, 2.24) is 15.4 Å². The van der Waals surface area contributed by atoms with Crippen molar-refractivity contribution in [2.24, 2.45) is 0 Å². The molecule has 29 heavy (non-hydrogen) atoms. The van der Waals surface area contributed by atoms with E-state index in [9.17, 15) is 9.59 Å². The van der Waals surface area contributed by atoms with Gasteiger partial charge in [0.15, 0.2) is 0 Å². The number of amides is 3. The van der Waals surface area contributed by atoms with Crippen LogP contribution in [0.25, 0.3) is 11.1 Å². The Morgan fingerprint density at radius 1 is 0.966 bits per heavy atom. The van der Waals surface area contributed by atoms with Crippen molar-refractivity contribution in [2.75, 3.05) is 11.9 Å².